The molecule has 2 aliphatic carbocycles. The summed E-state index contributed by atoms with van der Waals surface area (Å²) in [7, 11) is -1.67. The van der Waals surface area contributed by atoms with Crippen LogP contribution in [0.15, 0.2) is 46.0 Å². The fraction of sp³-hybridized carbons (Fsp3) is 0.421. The van der Waals surface area contributed by atoms with E-state index in [9.17, 15) is 13.2 Å². The third-order valence-electron chi connectivity index (χ3n) is 5.12. The van der Waals surface area contributed by atoms with Crippen LogP contribution in [-0.4, -0.2) is 32.3 Å². The lowest BCUT2D eigenvalue weighted by Gasteiger charge is -2.28. The number of nitrogens with zero attached hydrogens (tertiary/aromatic N) is 1. The third-order valence-corrected chi connectivity index (χ3v) is 7.90. The molecule has 0 unspecified atom stereocenters. The molecule has 2 aliphatic rings. The molecule has 0 saturated heterocycles. The number of anilines is 1. The summed E-state index contributed by atoms with van der Waals surface area (Å²) in [5.74, 6) is 1.34. The molecule has 7 heteroatoms. The van der Waals surface area contributed by atoms with Gasteiger partial charge in [0.1, 0.15) is 4.21 Å². The van der Waals surface area contributed by atoms with Gasteiger partial charge in [0.15, 0.2) is 0 Å². The van der Waals surface area contributed by atoms with Crippen molar-refractivity contribution in [2.24, 2.45) is 11.8 Å². The van der Waals surface area contributed by atoms with E-state index < -0.39 is 10.0 Å². The summed E-state index contributed by atoms with van der Waals surface area (Å²) in [4.78, 5) is 14.7. The predicted molar refractivity (Wildman–Crippen MR) is 103 cm³/mol. The maximum absolute atomic E-state index is 12.8. The zero-order valence-corrected chi connectivity index (χ0v) is 16.2. The second-order valence-corrected chi connectivity index (χ2v) is 10.1. The molecule has 1 amide bonds. The van der Waals surface area contributed by atoms with E-state index in [2.05, 4.69) is 4.72 Å². The van der Waals surface area contributed by atoms with Crippen LogP contribution in [0.25, 0.3) is 0 Å². The van der Waals surface area contributed by atoms with Gasteiger partial charge in [-0.05, 0) is 73.2 Å². The average molecular weight is 391 g/mol. The summed E-state index contributed by atoms with van der Waals surface area (Å²) >= 11 is 1.17. The molecule has 0 aliphatic heterocycles. The van der Waals surface area contributed by atoms with Gasteiger partial charge < -0.3 is 4.90 Å². The molecule has 2 saturated carbocycles. The Labute approximate surface area is 158 Å². The molecule has 0 radical (unpaired) electrons. The van der Waals surface area contributed by atoms with Crippen molar-refractivity contribution in [1.29, 1.82) is 0 Å². The second kappa shape index (κ2) is 6.70. The van der Waals surface area contributed by atoms with Gasteiger partial charge >= 0.3 is 0 Å². The minimum atomic E-state index is -3.57. The van der Waals surface area contributed by atoms with Crippen LogP contribution in [0.5, 0.6) is 0 Å². The molecule has 4 rings (SSSR count). The number of carbonyl (C=O) groups is 1. The molecular formula is C19H22N2O3S2. The number of hydrogen-bond donors (Lipinski definition) is 1. The number of amides is 1. The van der Waals surface area contributed by atoms with E-state index in [1.807, 2.05) is 11.9 Å². The van der Waals surface area contributed by atoms with Gasteiger partial charge in [0, 0.05) is 24.3 Å². The fourth-order valence-corrected chi connectivity index (χ4v) is 5.59. The highest BCUT2D eigenvalue weighted by Gasteiger charge is 2.45. The molecule has 0 bridgehead atoms. The topological polar surface area (TPSA) is 66.5 Å². The summed E-state index contributed by atoms with van der Waals surface area (Å²) in [6.07, 6.45) is 4.90. The zero-order valence-electron chi connectivity index (χ0n) is 14.6. The van der Waals surface area contributed by atoms with Crippen molar-refractivity contribution in [3.05, 3.63) is 47.3 Å². The number of nitrogens with one attached hydrogen (secondary N) is 1. The fourth-order valence-electron chi connectivity index (χ4n) is 3.53. The maximum Gasteiger partial charge on any atom is 0.271 e. The number of thiophene rings is 1. The SMILES string of the molecule is CN(C(=O)c1ccc(NS(=O)(=O)c2cccs2)cc1)C(C1CC1)C1CC1. The minimum absolute atomic E-state index is 0.0152. The van der Waals surface area contributed by atoms with Crippen LogP contribution < -0.4 is 4.72 Å². The highest BCUT2D eigenvalue weighted by molar-refractivity contribution is 7.94. The van der Waals surface area contributed by atoms with Crippen molar-refractivity contribution in [2.75, 3.05) is 11.8 Å². The van der Waals surface area contributed by atoms with Crippen molar-refractivity contribution < 1.29 is 13.2 Å². The first kappa shape index (κ1) is 17.5. The lowest BCUT2D eigenvalue weighted by atomic mass is 10.0. The van der Waals surface area contributed by atoms with Gasteiger partial charge in [-0.1, -0.05) is 6.07 Å². The van der Waals surface area contributed by atoms with Crippen molar-refractivity contribution in [3.63, 3.8) is 0 Å². The van der Waals surface area contributed by atoms with E-state index in [1.165, 1.54) is 37.0 Å². The van der Waals surface area contributed by atoms with Gasteiger partial charge in [0.25, 0.3) is 15.9 Å². The molecule has 138 valence electrons. The Balaban J connectivity index is 1.46. The largest absolute Gasteiger partial charge is 0.338 e. The first-order chi connectivity index (χ1) is 12.5. The van der Waals surface area contributed by atoms with Crippen LogP contribution in [0.3, 0.4) is 0 Å². The van der Waals surface area contributed by atoms with Crippen LogP contribution in [0.2, 0.25) is 0 Å². The molecule has 1 aromatic carbocycles. The first-order valence-corrected chi connectivity index (χ1v) is 11.3. The summed E-state index contributed by atoms with van der Waals surface area (Å²) < 4.78 is 27.4. The number of sulfonamides is 1. The van der Waals surface area contributed by atoms with E-state index in [0.717, 1.165) is 0 Å². The molecular weight excluding hydrogens is 368 g/mol. The first-order valence-electron chi connectivity index (χ1n) is 8.89. The predicted octanol–water partition coefficient (Wildman–Crippen LogP) is 3.81. The van der Waals surface area contributed by atoms with Gasteiger partial charge in [-0.2, -0.15) is 0 Å². The monoisotopic (exact) mass is 390 g/mol. The third kappa shape index (κ3) is 3.64. The lowest BCUT2D eigenvalue weighted by Crippen LogP contribution is -2.40. The van der Waals surface area contributed by atoms with E-state index in [-0.39, 0.29) is 10.1 Å². The molecule has 1 heterocycles. The molecule has 0 spiro atoms. The van der Waals surface area contributed by atoms with Gasteiger partial charge in [-0.15, -0.1) is 11.3 Å². The smallest absolute Gasteiger partial charge is 0.271 e. The van der Waals surface area contributed by atoms with Crippen LogP contribution >= 0.6 is 11.3 Å². The van der Waals surface area contributed by atoms with Crippen molar-refractivity contribution in [2.45, 2.75) is 35.9 Å². The van der Waals surface area contributed by atoms with Crippen molar-refractivity contribution >= 4 is 33.0 Å². The zero-order chi connectivity index (χ0) is 18.3. The normalized spacial score (nSPS) is 17.3. The summed E-state index contributed by atoms with van der Waals surface area (Å²) in [5, 5.41) is 1.72. The summed E-state index contributed by atoms with van der Waals surface area (Å²) in [6, 6.07) is 10.3. The highest BCUT2D eigenvalue weighted by atomic mass is 32.2. The Hall–Kier alpha value is -1.86. The van der Waals surface area contributed by atoms with Gasteiger partial charge in [0.05, 0.1) is 0 Å². The number of carbonyl (C=O) groups excluding carboxylic acids is 1. The van der Waals surface area contributed by atoms with E-state index >= 15 is 0 Å². The molecule has 2 aromatic rings. The summed E-state index contributed by atoms with van der Waals surface area (Å²) in [5.41, 5.74) is 1.05. The Morgan fingerprint density at radius 3 is 2.23 bits per heavy atom. The Morgan fingerprint density at radius 1 is 1.12 bits per heavy atom. The Kier molecular flexibility index (Phi) is 4.52. The number of rotatable bonds is 7. The standard InChI is InChI=1S/C19H22N2O3S2/c1-21(18(13-4-5-13)14-6-7-14)19(22)15-8-10-16(11-9-15)20-26(23,24)17-3-2-12-25-17/h2-3,8-14,18,20H,4-7H2,1H3. The van der Waals surface area contributed by atoms with Crippen LogP contribution in [0.1, 0.15) is 36.0 Å². The Morgan fingerprint density at radius 2 is 1.73 bits per heavy atom. The number of benzene rings is 1. The van der Waals surface area contributed by atoms with Crippen molar-refractivity contribution in [1.82, 2.24) is 4.90 Å². The average Bonchev–Trinajstić information content (AvgIpc) is 3.56. The van der Waals surface area contributed by atoms with Crippen LogP contribution in [0.4, 0.5) is 5.69 Å². The molecule has 1 aromatic heterocycles. The van der Waals surface area contributed by atoms with Gasteiger partial charge in [0.2, 0.25) is 0 Å². The molecule has 2 fully saturated rings. The van der Waals surface area contributed by atoms with Crippen LogP contribution in [0, 0.1) is 11.8 Å². The quantitative estimate of drug-likeness (QED) is 0.782. The van der Waals surface area contributed by atoms with Crippen LogP contribution in [-0.2, 0) is 10.0 Å². The highest BCUT2D eigenvalue weighted by Crippen LogP contribution is 2.47. The minimum Gasteiger partial charge on any atom is -0.338 e. The molecule has 1 N–H and O–H groups in total. The van der Waals surface area contributed by atoms with Gasteiger partial charge in [-0.3, -0.25) is 9.52 Å². The van der Waals surface area contributed by atoms with E-state index in [4.69, 9.17) is 0 Å². The lowest BCUT2D eigenvalue weighted by molar-refractivity contribution is 0.0690. The Bertz CT molecular complexity index is 871. The molecule has 26 heavy (non-hydrogen) atoms. The van der Waals surface area contributed by atoms with E-state index in [0.29, 0.717) is 29.1 Å². The second-order valence-electron chi connectivity index (χ2n) is 7.20. The van der Waals surface area contributed by atoms with E-state index in [1.54, 1.807) is 41.8 Å². The maximum atomic E-state index is 12.8. The van der Waals surface area contributed by atoms with Gasteiger partial charge in [-0.25, -0.2) is 8.42 Å². The summed E-state index contributed by atoms with van der Waals surface area (Å²) in [6.45, 7) is 0. The van der Waals surface area contributed by atoms with Crippen molar-refractivity contribution in [3.8, 4) is 0 Å². The number of hydrogen-bond acceptors (Lipinski definition) is 4. The molecule has 5 nitrogen and oxygen atoms in total. The molecule has 0 atom stereocenters.